The molecule has 0 radical (unpaired) electrons. The molecule has 102 valence electrons. The van der Waals surface area contributed by atoms with Crippen LogP contribution in [0.5, 0.6) is 0 Å². The molecule has 1 aliphatic rings. The van der Waals surface area contributed by atoms with E-state index in [9.17, 15) is 0 Å². The van der Waals surface area contributed by atoms with E-state index in [1.165, 1.54) is 0 Å². The molecule has 1 fully saturated rings. The highest BCUT2D eigenvalue weighted by Crippen LogP contribution is 2.26. The van der Waals surface area contributed by atoms with Crippen molar-refractivity contribution in [2.45, 2.75) is 23.4 Å². The summed E-state index contributed by atoms with van der Waals surface area (Å²) < 4.78 is 12.1. The summed E-state index contributed by atoms with van der Waals surface area (Å²) >= 11 is 1.70. The molecule has 0 spiro atoms. The van der Waals surface area contributed by atoms with Gasteiger partial charge in [-0.05, 0) is 16.8 Å². The Balaban J connectivity index is 1.72. The lowest BCUT2D eigenvalue weighted by Gasteiger charge is -2.08. The Bertz CT molecular complexity index is 343. The molecule has 8 heteroatoms. The van der Waals surface area contributed by atoms with Gasteiger partial charge in [-0.1, -0.05) is 11.8 Å². The minimum atomic E-state index is 0.483. The summed E-state index contributed by atoms with van der Waals surface area (Å²) in [6.45, 7) is 4.81. The van der Waals surface area contributed by atoms with Crippen molar-refractivity contribution in [2.75, 3.05) is 40.0 Å². The molecule has 7 nitrogen and oxygen atoms in total. The van der Waals surface area contributed by atoms with Crippen LogP contribution in [-0.4, -0.2) is 65.5 Å². The predicted molar refractivity (Wildman–Crippen MR) is 67.6 cm³/mol. The fourth-order valence-corrected chi connectivity index (χ4v) is 2.67. The summed E-state index contributed by atoms with van der Waals surface area (Å²) in [5, 5.41) is 16.4. The van der Waals surface area contributed by atoms with Crippen LogP contribution < -0.4 is 5.32 Å². The summed E-state index contributed by atoms with van der Waals surface area (Å²) in [5.41, 5.74) is 0. The first-order valence-corrected chi connectivity index (χ1v) is 6.98. The number of rotatable bonds is 8. The number of methoxy groups -OCH3 is 1. The maximum atomic E-state index is 5.35. The summed E-state index contributed by atoms with van der Waals surface area (Å²) in [6.07, 6.45) is 1.07. The summed E-state index contributed by atoms with van der Waals surface area (Å²) in [5.74, 6) is 0. The third-order valence-electron chi connectivity index (χ3n) is 2.64. The molecule has 1 aromatic rings. The Morgan fingerprint density at radius 3 is 3.28 bits per heavy atom. The second-order valence-corrected chi connectivity index (χ2v) is 5.30. The van der Waals surface area contributed by atoms with Gasteiger partial charge in [-0.15, -0.1) is 5.10 Å². The topological polar surface area (TPSA) is 74.1 Å². The van der Waals surface area contributed by atoms with Crippen LogP contribution >= 0.6 is 11.8 Å². The third-order valence-corrected chi connectivity index (χ3v) is 3.85. The van der Waals surface area contributed by atoms with Crippen molar-refractivity contribution >= 4 is 11.8 Å². The molecule has 1 aliphatic heterocycles. The zero-order chi connectivity index (χ0) is 12.6. The average Bonchev–Trinajstić information content (AvgIpc) is 3.02. The molecule has 2 rings (SSSR count). The molecule has 1 aromatic heterocycles. The lowest BCUT2D eigenvalue weighted by Crippen LogP contribution is -2.24. The van der Waals surface area contributed by atoms with Crippen LogP contribution in [0.2, 0.25) is 0 Å². The minimum absolute atomic E-state index is 0.483. The van der Waals surface area contributed by atoms with Crippen LogP contribution in [0.4, 0.5) is 0 Å². The number of aromatic nitrogens is 4. The highest BCUT2D eigenvalue weighted by atomic mass is 32.2. The molecule has 0 aromatic carbocycles. The van der Waals surface area contributed by atoms with Crippen LogP contribution in [0, 0.1) is 0 Å². The molecule has 1 N–H and O–H groups in total. The monoisotopic (exact) mass is 273 g/mol. The van der Waals surface area contributed by atoms with Gasteiger partial charge in [0.25, 0.3) is 0 Å². The van der Waals surface area contributed by atoms with Crippen LogP contribution in [0.3, 0.4) is 0 Å². The zero-order valence-corrected chi connectivity index (χ0v) is 11.4. The number of hydrogen-bond acceptors (Lipinski definition) is 7. The highest BCUT2D eigenvalue weighted by Gasteiger charge is 2.20. The minimum Gasteiger partial charge on any atom is -0.383 e. The van der Waals surface area contributed by atoms with Gasteiger partial charge in [0.1, 0.15) is 0 Å². The Hall–Kier alpha value is -0.700. The van der Waals surface area contributed by atoms with Crippen molar-refractivity contribution in [1.29, 1.82) is 0 Å². The van der Waals surface area contributed by atoms with Gasteiger partial charge in [-0.3, -0.25) is 0 Å². The van der Waals surface area contributed by atoms with Crippen molar-refractivity contribution in [3.05, 3.63) is 0 Å². The van der Waals surface area contributed by atoms with Gasteiger partial charge in [0.15, 0.2) is 0 Å². The Labute approximate surface area is 111 Å². The van der Waals surface area contributed by atoms with E-state index in [0.717, 1.165) is 51.0 Å². The van der Waals surface area contributed by atoms with E-state index in [-0.39, 0.29) is 0 Å². The van der Waals surface area contributed by atoms with Gasteiger partial charge in [-0.2, -0.15) is 0 Å². The molecule has 0 saturated carbocycles. The molecule has 1 saturated heterocycles. The third kappa shape index (κ3) is 4.20. The number of tetrazole rings is 1. The van der Waals surface area contributed by atoms with E-state index in [1.807, 2.05) is 4.68 Å². The van der Waals surface area contributed by atoms with Crippen molar-refractivity contribution in [3.8, 4) is 0 Å². The molecular formula is C10H19N5O2S. The molecular weight excluding hydrogens is 254 g/mol. The van der Waals surface area contributed by atoms with Gasteiger partial charge >= 0.3 is 0 Å². The smallest absolute Gasteiger partial charge is 0.209 e. The van der Waals surface area contributed by atoms with E-state index in [4.69, 9.17) is 9.47 Å². The Morgan fingerprint density at radius 2 is 2.50 bits per heavy atom. The van der Waals surface area contributed by atoms with E-state index in [2.05, 4.69) is 20.8 Å². The number of hydrogen-bond donors (Lipinski definition) is 1. The van der Waals surface area contributed by atoms with E-state index < -0.39 is 0 Å². The quantitative estimate of drug-likeness (QED) is 0.657. The van der Waals surface area contributed by atoms with Crippen LogP contribution in [0.15, 0.2) is 5.16 Å². The standard InChI is InChI=1S/C10H19N5O2S/c1-16-7-4-11-3-5-15-10(12-13-14-15)18-9-2-6-17-8-9/h9,11H,2-8H2,1H3. The summed E-state index contributed by atoms with van der Waals surface area (Å²) in [7, 11) is 1.70. The van der Waals surface area contributed by atoms with Crippen LogP contribution in [0.1, 0.15) is 6.42 Å². The molecule has 2 heterocycles. The van der Waals surface area contributed by atoms with Gasteiger partial charge < -0.3 is 14.8 Å². The molecule has 18 heavy (non-hydrogen) atoms. The zero-order valence-electron chi connectivity index (χ0n) is 10.5. The van der Waals surface area contributed by atoms with Crippen molar-refractivity contribution in [1.82, 2.24) is 25.5 Å². The van der Waals surface area contributed by atoms with Crippen molar-refractivity contribution in [3.63, 3.8) is 0 Å². The maximum Gasteiger partial charge on any atom is 0.209 e. The first-order valence-electron chi connectivity index (χ1n) is 6.10. The Kier molecular flexibility index (Phi) is 5.85. The predicted octanol–water partition coefficient (Wildman–Crippen LogP) is -0.210. The number of thioether (sulfide) groups is 1. The summed E-state index contributed by atoms with van der Waals surface area (Å²) in [4.78, 5) is 0. The van der Waals surface area contributed by atoms with Gasteiger partial charge in [0.2, 0.25) is 5.16 Å². The average molecular weight is 273 g/mol. The molecule has 1 unspecified atom stereocenters. The van der Waals surface area contributed by atoms with Gasteiger partial charge in [0.05, 0.1) is 19.8 Å². The number of nitrogens with one attached hydrogen (secondary N) is 1. The molecule has 0 amide bonds. The van der Waals surface area contributed by atoms with Crippen LogP contribution in [0.25, 0.3) is 0 Å². The van der Waals surface area contributed by atoms with E-state index >= 15 is 0 Å². The lowest BCUT2D eigenvalue weighted by atomic mass is 10.4. The van der Waals surface area contributed by atoms with Gasteiger partial charge in [-0.25, -0.2) is 4.68 Å². The molecule has 1 atom stereocenters. The van der Waals surface area contributed by atoms with Crippen molar-refractivity contribution < 1.29 is 9.47 Å². The lowest BCUT2D eigenvalue weighted by molar-refractivity contribution is 0.198. The van der Waals surface area contributed by atoms with Crippen LogP contribution in [-0.2, 0) is 16.0 Å². The number of ether oxygens (including phenoxy) is 2. The van der Waals surface area contributed by atoms with Crippen molar-refractivity contribution in [2.24, 2.45) is 0 Å². The molecule has 0 bridgehead atoms. The number of nitrogens with zero attached hydrogens (tertiary/aromatic N) is 4. The maximum absolute atomic E-state index is 5.35. The first kappa shape index (κ1) is 13.7. The fourth-order valence-electron chi connectivity index (χ4n) is 1.66. The Morgan fingerprint density at radius 1 is 1.56 bits per heavy atom. The molecule has 0 aliphatic carbocycles. The SMILES string of the molecule is COCCNCCn1nnnc1SC1CCOC1. The second-order valence-electron chi connectivity index (χ2n) is 4.03. The largest absolute Gasteiger partial charge is 0.383 e. The summed E-state index contributed by atoms with van der Waals surface area (Å²) in [6, 6.07) is 0. The van der Waals surface area contributed by atoms with Gasteiger partial charge in [0, 0.05) is 32.1 Å². The van der Waals surface area contributed by atoms with E-state index in [1.54, 1.807) is 18.9 Å². The first-order chi connectivity index (χ1) is 8.90. The second kappa shape index (κ2) is 7.67. The fraction of sp³-hybridized carbons (Fsp3) is 0.900. The highest BCUT2D eigenvalue weighted by molar-refractivity contribution is 7.99. The normalized spacial score (nSPS) is 19.5. The van der Waals surface area contributed by atoms with E-state index in [0.29, 0.717) is 5.25 Å².